The Morgan fingerprint density at radius 3 is 1.64 bits per heavy atom. The second kappa shape index (κ2) is 16.9. The van der Waals surface area contributed by atoms with Crippen LogP contribution in [-0.4, -0.2) is 29.1 Å². The second-order valence-electron chi connectivity index (χ2n) is 5.57. The van der Waals surface area contributed by atoms with Gasteiger partial charge in [-0.15, -0.1) is 0 Å². The van der Waals surface area contributed by atoms with Crippen molar-refractivity contribution in [2.75, 3.05) is 13.2 Å². The first-order valence-corrected chi connectivity index (χ1v) is 9.84. The van der Waals surface area contributed by atoms with E-state index in [1.54, 1.807) is 0 Å². The summed E-state index contributed by atoms with van der Waals surface area (Å²) in [7, 11) is -4.26. The van der Waals surface area contributed by atoms with Crippen molar-refractivity contribution in [2.24, 2.45) is 0 Å². The van der Waals surface area contributed by atoms with E-state index in [1.165, 1.54) is 64.2 Å². The van der Waals surface area contributed by atoms with Crippen LogP contribution in [-0.2, 0) is 13.8 Å². The number of phosphoric ester groups is 1. The molecule has 1 saturated heterocycles. The minimum atomic E-state index is -4.26. The normalized spacial score (nSPS) is 16.5. The van der Waals surface area contributed by atoms with E-state index in [4.69, 9.17) is 9.79 Å². The van der Waals surface area contributed by atoms with Gasteiger partial charge in [-0.1, -0.05) is 78.1 Å². The van der Waals surface area contributed by atoms with Gasteiger partial charge in [0, 0.05) is 0 Å². The maximum absolute atomic E-state index is 9.98. The average Bonchev–Trinajstić information content (AvgIpc) is 3.24. The molecule has 0 aliphatic carbocycles. The molecule has 0 saturated carbocycles. The fraction of sp³-hybridized carbons (Fsp3) is 1.00. The summed E-state index contributed by atoms with van der Waals surface area (Å²) in [5.74, 6) is 0. The van der Waals surface area contributed by atoms with Gasteiger partial charge in [-0.3, -0.25) is 4.52 Å². The Morgan fingerprint density at radius 1 is 1.00 bits per heavy atom. The summed E-state index contributed by atoms with van der Waals surface area (Å²) in [5, 5.41) is 0. The number of phosphoric acid groups is 1. The second-order valence-corrected chi connectivity index (χ2v) is 6.81. The molecule has 130 valence electrons. The van der Waals surface area contributed by atoms with Crippen LogP contribution < -0.4 is 29.6 Å². The Bertz CT molecular complexity index is 265. The largest absolute Gasteiger partial charge is 1.00 e. The van der Waals surface area contributed by atoms with Gasteiger partial charge >= 0.3 is 37.4 Å². The van der Waals surface area contributed by atoms with Crippen molar-refractivity contribution in [3.05, 3.63) is 0 Å². The van der Waals surface area contributed by atoms with E-state index in [9.17, 15) is 4.57 Å². The van der Waals surface area contributed by atoms with Gasteiger partial charge in [0.05, 0.1) is 13.2 Å². The third-order valence-corrected chi connectivity index (χ3v) is 3.77. The molecule has 0 bridgehead atoms. The predicted molar refractivity (Wildman–Crippen MR) is 86.4 cm³/mol. The van der Waals surface area contributed by atoms with Crippen LogP contribution in [0.2, 0.25) is 0 Å². The van der Waals surface area contributed by atoms with Crippen LogP contribution in [0.25, 0.3) is 0 Å². The summed E-state index contributed by atoms with van der Waals surface area (Å²) in [6.45, 7) is 5.09. The molecule has 0 aromatic rings. The van der Waals surface area contributed by atoms with Gasteiger partial charge in [0.15, 0.2) is 0 Å². The predicted octanol–water partition coefficient (Wildman–Crippen LogP) is 1.54. The number of rotatable bonds is 12. The van der Waals surface area contributed by atoms with Crippen LogP contribution in [0.5, 0.6) is 0 Å². The Hall–Kier alpha value is 1.07. The zero-order chi connectivity index (χ0) is 16.0. The summed E-state index contributed by atoms with van der Waals surface area (Å²) >= 11 is 0. The van der Waals surface area contributed by atoms with Gasteiger partial charge in [0.2, 0.25) is 0 Å². The summed E-state index contributed by atoms with van der Waals surface area (Å²) in [6, 6.07) is 0. The summed E-state index contributed by atoms with van der Waals surface area (Å²) < 4.78 is 18.7. The fourth-order valence-corrected chi connectivity index (χ4v) is 2.27. The van der Waals surface area contributed by atoms with Crippen molar-refractivity contribution < 1.29 is 54.6 Å². The molecule has 0 spiro atoms. The maximum Gasteiger partial charge on any atom is 1.00 e. The third-order valence-electron chi connectivity index (χ3n) is 3.29. The fourth-order valence-electron chi connectivity index (χ4n) is 1.91. The molecule has 1 heterocycles. The maximum atomic E-state index is 9.98. The number of hydrogen-bond donors (Lipinski definition) is 2. The number of epoxide rings is 1. The van der Waals surface area contributed by atoms with Crippen LogP contribution in [0.1, 0.15) is 79.5 Å². The molecule has 0 aromatic carbocycles. The first kappa shape index (κ1) is 25.3. The Balaban J connectivity index is -0.000000329. The molecule has 1 atom stereocenters. The molecular formula is C15H34NaO5P. The molecule has 1 rings (SSSR count). The van der Waals surface area contributed by atoms with Gasteiger partial charge in [-0.05, 0) is 0 Å². The van der Waals surface area contributed by atoms with Crippen molar-refractivity contribution in [3.63, 3.8) is 0 Å². The van der Waals surface area contributed by atoms with Crippen LogP contribution in [0.3, 0.4) is 0 Å². The first-order valence-electron chi connectivity index (χ1n) is 8.31. The van der Waals surface area contributed by atoms with Crippen LogP contribution in [0.15, 0.2) is 0 Å². The molecule has 5 nitrogen and oxygen atoms in total. The van der Waals surface area contributed by atoms with Gasteiger partial charge in [-0.25, -0.2) is 4.57 Å². The molecule has 0 amide bonds. The minimum absolute atomic E-state index is 0. The van der Waals surface area contributed by atoms with Crippen LogP contribution in [0, 0.1) is 0 Å². The molecule has 0 aromatic heterocycles. The topological polar surface area (TPSA) is 79.3 Å². The molecule has 22 heavy (non-hydrogen) atoms. The summed E-state index contributed by atoms with van der Waals surface area (Å²) in [5.41, 5.74) is 0. The number of unbranched alkanes of at least 4 members (excludes halogenated alkanes) is 9. The molecule has 1 aliphatic rings. The SMILES string of the molecule is CCCCCCCCCCCC.O=P(O)(O)OCC1CO1.[H-].[Na+]. The van der Waals surface area contributed by atoms with Crippen molar-refractivity contribution in [1.82, 2.24) is 0 Å². The van der Waals surface area contributed by atoms with E-state index in [0.717, 1.165) is 0 Å². The van der Waals surface area contributed by atoms with E-state index < -0.39 is 7.82 Å². The monoisotopic (exact) mass is 348 g/mol. The molecule has 2 N–H and O–H groups in total. The quantitative estimate of drug-likeness (QED) is 0.242. The van der Waals surface area contributed by atoms with E-state index in [0.29, 0.717) is 6.61 Å². The van der Waals surface area contributed by atoms with Crippen molar-refractivity contribution in [2.45, 2.75) is 84.2 Å². The minimum Gasteiger partial charge on any atom is -1.00 e. The van der Waals surface area contributed by atoms with Crippen LogP contribution >= 0.6 is 7.82 Å². The van der Waals surface area contributed by atoms with E-state index >= 15 is 0 Å². The smallest absolute Gasteiger partial charge is 1.00 e. The number of hydrogen-bond acceptors (Lipinski definition) is 3. The summed E-state index contributed by atoms with van der Waals surface area (Å²) in [4.78, 5) is 16.3. The van der Waals surface area contributed by atoms with Crippen molar-refractivity contribution in [1.29, 1.82) is 0 Å². The molecule has 7 heteroatoms. The molecule has 1 fully saturated rings. The Kier molecular flexibility index (Phi) is 19.5. The number of ether oxygens (including phenoxy) is 1. The molecule has 1 aliphatic heterocycles. The molecular weight excluding hydrogens is 314 g/mol. The zero-order valence-corrected chi connectivity index (χ0v) is 17.5. The zero-order valence-electron chi connectivity index (χ0n) is 15.6. The summed E-state index contributed by atoms with van der Waals surface area (Å²) in [6.07, 6.45) is 14.3. The third kappa shape index (κ3) is 23.3. The van der Waals surface area contributed by atoms with Gasteiger partial charge in [-0.2, -0.15) is 0 Å². The first-order chi connectivity index (χ1) is 9.99. The van der Waals surface area contributed by atoms with Gasteiger partial charge in [0.1, 0.15) is 6.10 Å². The Labute approximate surface area is 159 Å². The van der Waals surface area contributed by atoms with Crippen LogP contribution in [0.4, 0.5) is 0 Å². The van der Waals surface area contributed by atoms with Crippen molar-refractivity contribution >= 4 is 7.82 Å². The van der Waals surface area contributed by atoms with Gasteiger partial charge in [0.25, 0.3) is 0 Å². The Morgan fingerprint density at radius 2 is 1.36 bits per heavy atom. The van der Waals surface area contributed by atoms with Crippen molar-refractivity contribution in [3.8, 4) is 0 Å². The molecule has 0 radical (unpaired) electrons. The molecule has 1 unspecified atom stereocenters. The standard InChI is InChI=1S/C12H26.C3H7O5P.Na.H/c1-3-5-7-9-11-12-10-8-6-4-2;4-9(5,6)8-2-3-1-7-3;;/h3-12H2,1-2H3;3H,1-2H2,(H2,4,5,6);;/q;;+1;-1. The van der Waals surface area contributed by atoms with E-state index in [1.807, 2.05) is 0 Å². The van der Waals surface area contributed by atoms with E-state index in [-0.39, 0.29) is 43.7 Å². The van der Waals surface area contributed by atoms with E-state index in [2.05, 4.69) is 23.1 Å². The van der Waals surface area contributed by atoms with Gasteiger partial charge < -0.3 is 16.0 Å². The average molecular weight is 348 g/mol.